The van der Waals surface area contributed by atoms with Gasteiger partial charge in [0, 0.05) is 38.6 Å². The lowest BCUT2D eigenvalue weighted by Crippen LogP contribution is -2.54. The van der Waals surface area contributed by atoms with Crippen LogP contribution < -0.4 is 0 Å². The number of phenolic OH excluding ortho intramolecular Hbond substituents is 1. The van der Waals surface area contributed by atoms with Crippen molar-refractivity contribution in [1.29, 1.82) is 0 Å². The number of carbonyl (C=O) groups is 1. The molecule has 5 nitrogen and oxygen atoms in total. The van der Waals surface area contributed by atoms with Gasteiger partial charge in [0.25, 0.3) is 5.91 Å². The Bertz CT molecular complexity index is 526. The third-order valence-corrected chi connectivity index (χ3v) is 4.08. The Labute approximate surface area is 122 Å². The van der Waals surface area contributed by atoms with Crippen LogP contribution in [0.5, 0.6) is 5.75 Å². The number of morpholine rings is 1. The summed E-state index contributed by atoms with van der Waals surface area (Å²) in [5.74, 6) is -1.17. The van der Waals surface area contributed by atoms with Crippen LogP contribution in [0.4, 0.5) is 4.39 Å². The quantitative estimate of drug-likeness (QED) is 0.901. The van der Waals surface area contributed by atoms with Crippen molar-refractivity contribution >= 4 is 5.91 Å². The number of ether oxygens (including phenoxy) is 1. The van der Waals surface area contributed by atoms with Crippen LogP contribution in [-0.4, -0.2) is 66.8 Å². The summed E-state index contributed by atoms with van der Waals surface area (Å²) in [5.41, 5.74) is 0.0415. The molecule has 2 saturated heterocycles. The van der Waals surface area contributed by atoms with Crippen LogP contribution >= 0.6 is 0 Å². The molecule has 0 aliphatic carbocycles. The first-order valence-electron chi connectivity index (χ1n) is 7.22. The molecule has 1 N–H and O–H groups in total. The molecule has 2 aliphatic rings. The highest BCUT2D eigenvalue weighted by molar-refractivity contribution is 5.97. The molecule has 1 aromatic carbocycles. The second-order valence-corrected chi connectivity index (χ2v) is 5.63. The van der Waals surface area contributed by atoms with Crippen LogP contribution in [-0.2, 0) is 4.74 Å². The van der Waals surface area contributed by atoms with Crippen LogP contribution in [0.25, 0.3) is 0 Å². The predicted molar refractivity (Wildman–Crippen MR) is 74.7 cm³/mol. The predicted octanol–water partition coefficient (Wildman–Crippen LogP) is 0.935. The molecule has 0 unspecified atom stereocenters. The summed E-state index contributed by atoms with van der Waals surface area (Å²) >= 11 is 0. The molecule has 0 aromatic heterocycles. The minimum absolute atomic E-state index is 0.0415. The summed E-state index contributed by atoms with van der Waals surface area (Å²) < 4.78 is 18.6. The molecule has 0 radical (unpaired) electrons. The number of rotatable bonds is 3. The molecule has 1 aromatic rings. The van der Waals surface area contributed by atoms with Gasteiger partial charge in [-0.1, -0.05) is 6.07 Å². The lowest BCUT2D eigenvalue weighted by molar-refractivity contribution is 0.00704. The molecule has 2 fully saturated rings. The number of nitrogens with zero attached hydrogens (tertiary/aromatic N) is 2. The first kappa shape index (κ1) is 14.3. The largest absolute Gasteiger partial charge is 0.504 e. The van der Waals surface area contributed by atoms with Gasteiger partial charge in [0.2, 0.25) is 0 Å². The van der Waals surface area contributed by atoms with E-state index in [1.54, 1.807) is 4.90 Å². The lowest BCUT2D eigenvalue weighted by Gasteiger charge is -2.42. The van der Waals surface area contributed by atoms with Crippen molar-refractivity contribution in [1.82, 2.24) is 9.80 Å². The van der Waals surface area contributed by atoms with Gasteiger partial charge in [0.1, 0.15) is 0 Å². The zero-order chi connectivity index (χ0) is 14.8. The number of hydrogen-bond acceptors (Lipinski definition) is 4. The second kappa shape index (κ2) is 5.99. The van der Waals surface area contributed by atoms with Gasteiger partial charge in [-0.05, 0) is 12.1 Å². The second-order valence-electron chi connectivity index (χ2n) is 5.63. The molecule has 0 spiro atoms. The van der Waals surface area contributed by atoms with Crippen LogP contribution in [0.1, 0.15) is 10.4 Å². The maximum absolute atomic E-state index is 13.3. The van der Waals surface area contributed by atoms with Crippen LogP contribution in [0.2, 0.25) is 0 Å². The number of aromatic hydroxyl groups is 1. The van der Waals surface area contributed by atoms with Crippen molar-refractivity contribution in [2.24, 2.45) is 5.92 Å². The van der Waals surface area contributed by atoms with Crippen molar-refractivity contribution in [3.8, 4) is 5.75 Å². The van der Waals surface area contributed by atoms with Crippen molar-refractivity contribution in [3.63, 3.8) is 0 Å². The van der Waals surface area contributed by atoms with E-state index in [2.05, 4.69) is 4.90 Å². The third kappa shape index (κ3) is 3.01. The molecule has 2 heterocycles. The van der Waals surface area contributed by atoms with E-state index < -0.39 is 11.6 Å². The molecule has 0 atom stereocenters. The maximum atomic E-state index is 13.3. The van der Waals surface area contributed by atoms with Crippen molar-refractivity contribution in [2.45, 2.75) is 0 Å². The summed E-state index contributed by atoms with van der Waals surface area (Å²) in [6, 6.07) is 4.03. The van der Waals surface area contributed by atoms with Crippen LogP contribution in [0.15, 0.2) is 18.2 Å². The van der Waals surface area contributed by atoms with Gasteiger partial charge in [0.05, 0.1) is 18.8 Å². The smallest absolute Gasteiger partial charge is 0.257 e. The number of benzene rings is 1. The van der Waals surface area contributed by atoms with E-state index in [-0.39, 0.29) is 11.5 Å². The van der Waals surface area contributed by atoms with Gasteiger partial charge in [-0.15, -0.1) is 0 Å². The highest BCUT2D eigenvalue weighted by Gasteiger charge is 2.33. The standard InChI is InChI=1S/C15H19FN2O3/c16-13-3-1-2-12(14(13)19)15(20)18-9-11(10-18)8-17-4-6-21-7-5-17/h1-3,11,19H,4-10H2. The molecule has 0 bridgehead atoms. The molecule has 6 heteroatoms. The number of likely N-dealkylation sites (tertiary alicyclic amines) is 1. The Morgan fingerprint density at radius 2 is 2.05 bits per heavy atom. The monoisotopic (exact) mass is 294 g/mol. The Kier molecular flexibility index (Phi) is 4.07. The molecule has 1 amide bonds. The van der Waals surface area contributed by atoms with E-state index in [0.29, 0.717) is 19.0 Å². The number of phenols is 1. The molecular weight excluding hydrogens is 275 g/mol. The average molecular weight is 294 g/mol. The van der Waals surface area contributed by atoms with Crippen molar-refractivity contribution in [3.05, 3.63) is 29.6 Å². The topological polar surface area (TPSA) is 53.0 Å². The molecule has 3 rings (SSSR count). The highest BCUT2D eigenvalue weighted by atomic mass is 19.1. The number of para-hydroxylation sites is 1. The van der Waals surface area contributed by atoms with E-state index >= 15 is 0 Å². The highest BCUT2D eigenvalue weighted by Crippen LogP contribution is 2.26. The Morgan fingerprint density at radius 1 is 1.33 bits per heavy atom. The van der Waals surface area contributed by atoms with E-state index in [9.17, 15) is 14.3 Å². The summed E-state index contributed by atoms with van der Waals surface area (Å²) in [6.07, 6.45) is 0. The van der Waals surface area contributed by atoms with Gasteiger partial charge in [-0.2, -0.15) is 0 Å². The van der Waals surface area contributed by atoms with Crippen molar-refractivity contribution < 1.29 is 19.0 Å². The SMILES string of the molecule is O=C(c1cccc(F)c1O)N1CC(CN2CCOCC2)C1. The van der Waals surface area contributed by atoms with Gasteiger partial charge in [-0.25, -0.2) is 4.39 Å². The summed E-state index contributed by atoms with van der Waals surface area (Å²) in [5, 5.41) is 9.62. The van der Waals surface area contributed by atoms with E-state index in [4.69, 9.17) is 4.74 Å². The minimum atomic E-state index is -0.758. The maximum Gasteiger partial charge on any atom is 0.257 e. The summed E-state index contributed by atoms with van der Waals surface area (Å²) in [6.45, 7) is 5.70. The number of carbonyl (C=O) groups excluding carboxylic acids is 1. The zero-order valence-electron chi connectivity index (χ0n) is 11.8. The fourth-order valence-electron chi connectivity index (χ4n) is 2.86. The minimum Gasteiger partial charge on any atom is -0.504 e. The lowest BCUT2D eigenvalue weighted by atomic mass is 9.97. The first-order valence-corrected chi connectivity index (χ1v) is 7.22. The Balaban J connectivity index is 1.53. The fraction of sp³-hybridized carbons (Fsp3) is 0.533. The average Bonchev–Trinajstić information content (AvgIpc) is 2.46. The van der Waals surface area contributed by atoms with Crippen LogP contribution in [0, 0.1) is 11.7 Å². The Morgan fingerprint density at radius 3 is 2.76 bits per heavy atom. The number of hydrogen-bond donors (Lipinski definition) is 1. The van der Waals surface area contributed by atoms with Gasteiger partial charge in [0.15, 0.2) is 11.6 Å². The third-order valence-electron chi connectivity index (χ3n) is 4.08. The molecule has 114 valence electrons. The van der Waals surface area contributed by atoms with E-state index in [0.717, 1.165) is 38.9 Å². The number of halogens is 1. The normalized spacial score (nSPS) is 20.3. The molecule has 2 aliphatic heterocycles. The molecule has 21 heavy (non-hydrogen) atoms. The number of amides is 1. The van der Waals surface area contributed by atoms with E-state index in [1.807, 2.05) is 0 Å². The van der Waals surface area contributed by atoms with Gasteiger partial charge in [-0.3, -0.25) is 9.69 Å². The first-order chi connectivity index (χ1) is 10.1. The molecule has 0 saturated carbocycles. The molecular formula is C15H19FN2O3. The van der Waals surface area contributed by atoms with Gasteiger partial charge >= 0.3 is 0 Å². The van der Waals surface area contributed by atoms with Gasteiger partial charge < -0.3 is 14.7 Å². The zero-order valence-corrected chi connectivity index (χ0v) is 11.8. The Hall–Kier alpha value is -1.66. The van der Waals surface area contributed by atoms with Crippen LogP contribution in [0.3, 0.4) is 0 Å². The van der Waals surface area contributed by atoms with Crippen molar-refractivity contribution in [2.75, 3.05) is 45.9 Å². The summed E-state index contributed by atoms with van der Waals surface area (Å²) in [4.78, 5) is 16.2. The van der Waals surface area contributed by atoms with E-state index in [1.165, 1.54) is 12.1 Å². The summed E-state index contributed by atoms with van der Waals surface area (Å²) in [7, 11) is 0. The fourth-order valence-corrected chi connectivity index (χ4v) is 2.86.